The molecule has 0 aliphatic carbocycles. The largest absolute Gasteiger partial charge is 0.618 e. The van der Waals surface area contributed by atoms with Gasteiger partial charge in [-0.3, -0.25) is 14.6 Å². The van der Waals surface area contributed by atoms with E-state index in [2.05, 4.69) is 15.0 Å². The fourth-order valence-corrected chi connectivity index (χ4v) is 6.22. The summed E-state index contributed by atoms with van der Waals surface area (Å²) in [4.78, 5) is 31.7. The number of halogens is 3. The van der Waals surface area contributed by atoms with Gasteiger partial charge in [0.1, 0.15) is 17.9 Å². The molecule has 1 aromatic carbocycles. The van der Waals surface area contributed by atoms with Crippen LogP contribution in [0.25, 0.3) is 0 Å². The summed E-state index contributed by atoms with van der Waals surface area (Å²) in [5.41, 5.74) is -0.0101. The highest BCUT2D eigenvalue weighted by atomic mass is 32.2. The van der Waals surface area contributed by atoms with E-state index in [1.165, 1.54) is 17.0 Å². The van der Waals surface area contributed by atoms with Crippen molar-refractivity contribution >= 4 is 26.7 Å². The highest BCUT2D eigenvalue weighted by molar-refractivity contribution is 8.06. The lowest BCUT2D eigenvalue weighted by Crippen LogP contribution is -2.54. The Bertz CT molecular complexity index is 1380. The number of benzene rings is 1. The van der Waals surface area contributed by atoms with E-state index in [0.29, 0.717) is 6.42 Å². The number of alkyl halides is 3. The van der Waals surface area contributed by atoms with Crippen molar-refractivity contribution in [2.75, 3.05) is 6.54 Å². The minimum atomic E-state index is -4.89. The topological polar surface area (TPSA) is 152 Å². The SMILES string of the molecule is CCCC(NC(=O)c1ccc(OC(F)(F)F)cc1)C(=O)N1CCC2N=C(S(=O)(=O)c3cccc[n+]3[O-])C(O)C21. The van der Waals surface area contributed by atoms with Crippen LogP contribution in [0.5, 0.6) is 5.75 Å². The zero-order chi connectivity index (χ0) is 28.5. The Morgan fingerprint density at radius 3 is 2.56 bits per heavy atom. The Morgan fingerprint density at radius 2 is 1.95 bits per heavy atom. The van der Waals surface area contributed by atoms with E-state index in [1.807, 2.05) is 0 Å². The second-order valence-electron chi connectivity index (χ2n) is 9.05. The Kier molecular flexibility index (Phi) is 7.84. The van der Waals surface area contributed by atoms with Crippen molar-refractivity contribution in [3.63, 3.8) is 0 Å². The number of carbonyl (C=O) groups is 2. The van der Waals surface area contributed by atoms with Crippen LogP contribution in [0.4, 0.5) is 13.2 Å². The summed E-state index contributed by atoms with van der Waals surface area (Å²) < 4.78 is 67.2. The molecule has 0 bridgehead atoms. The second-order valence-corrected chi connectivity index (χ2v) is 10.9. The molecule has 2 amide bonds. The molecule has 4 rings (SSSR count). The van der Waals surface area contributed by atoms with Crippen LogP contribution in [0, 0.1) is 5.21 Å². The molecule has 11 nitrogen and oxygen atoms in total. The number of nitrogens with one attached hydrogen (secondary N) is 1. The van der Waals surface area contributed by atoms with Gasteiger partial charge in [-0.25, -0.2) is 8.42 Å². The van der Waals surface area contributed by atoms with Crippen molar-refractivity contribution in [1.82, 2.24) is 10.2 Å². The molecule has 15 heteroatoms. The van der Waals surface area contributed by atoms with Gasteiger partial charge in [0.05, 0.1) is 12.1 Å². The number of rotatable bonds is 7. The van der Waals surface area contributed by atoms with Gasteiger partial charge < -0.3 is 25.3 Å². The zero-order valence-corrected chi connectivity index (χ0v) is 21.4. The maximum absolute atomic E-state index is 13.5. The first kappa shape index (κ1) is 28.3. The van der Waals surface area contributed by atoms with Crippen molar-refractivity contribution in [1.29, 1.82) is 0 Å². The number of aliphatic imine (C=N–C) groups is 1. The molecule has 1 saturated heterocycles. The van der Waals surface area contributed by atoms with Gasteiger partial charge in [0, 0.05) is 24.2 Å². The number of pyridine rings is 1. The lowest BCUT2D eigenvalue weighted by molar-refractivity contribution is -0.646. The minimum absolute atomic E-state index is 0.0101. The molecule has 0 saturated carbocycles. The van der Waals surface area contributed by atoms with Crippen LogP contribution < -0.4 is 14.8 Å². The van der Waals surface area contributed by atoms with Crippen LogP contribution in [0.2, 0.25) is 0 Å². The third-order valence-corrected chi connectivity index (χ3v) is 8.21. The van der Waals surface area contributed by atoms with Crippen molar-refractivity contribution in [2.24, 2.45) is 4.99 Å². The van der Waals surface area contributed by atoms with Gasteiger partial charge in [-0.15, -0.1) is 13.2 Å². The molecule has 2 aromatic rings. The average Bonchev–Trinajstić information content (AvgIpc) is 3.43. The molecule has 1 fully saturated rings. The molecule has 1 aromatic heterocycles. The van der Waals surface area contributed by atoms with E-state index in [-0.39, 0.29) is 29.7 Å². The normalized spacial score (nSPS) is 21.7. The number of fused-ring (bicyclic) bond motifs is 1. The van der Waals surface area contributed by atoms with Crippen LogP contribution in [-0.2, 0) is 14.6 Å². The molecule has 4 unspecified atom stereocenters. The zero-order valence-electron chi connectivity index (χ0n) is 20.5. The van der Waals surface area contributed by atoms with E-state index in [0.717, 1.165) is 36.5 Å². The van der Waals surface area contributed by atoms with Gasteiger partial charge in [0.25, 0.3) is 15.7 Å². The number of hydrogen-bond acceptors (Lipinski definition) is 8. The van der Waals surface area contributed by atoms with Gasteiger partial charge in [-0.05, 0) is 43.2 Å². The maximum Gasteiger partial charge on any atom is 0.573 e. The number of likely N-dealkylation sites (tertiary alicyclic amines) is 1. The fraction of sp³-hybridized carbons (Fsp3) is 0.417. The lowest BCUT2D eigenvalue weighted by atomic mass is 10.1. The number of aliphatic hydroxyl groups is 1. The lowest BCUT2D eigenvalue weighted by Gasteiger charge is -2.30. The van der Waals surface area contributed by atoms with Gasteiger partial charge in [0.15, 0.2) is 11.2 Å². The van der Waals surface area contributed by atoms with Crippen LogP contribution in [-0.4, -0.2) is 72.4 Å². The van der Waals surface area contributed by atoms with Crippen LogP contribution in [0.15, 0.2) is 58.7 Å². The smallest absolute Gasteiger partial charge is 0.573 e. The summed E-state index contributed by atoms with van der Waals surface area (Å²) >= 11 is 0. The van der Waals surface area contributed by atoms with Crippen molar-refractivity contribution in [3.05, 3.63) is 59.4 Å². The molecule has 39 heavy (non-hydrogen) atoms. The van der Waals surface area contributed by atoms with Gasteiger partial charge in [-0.1, -0.05) is 13.3 Å². The molecule has 210 valence electrons. The number of ether oxygens (including phenoxy) is 1. The standard InChI is InChI=1S/C24H25F3N4O7S/c1-2-5-17(28-21(33)14-7-9-15(10-8-14)38-24(25,26)27)23(34)30-13-11-16-19(30)20(32)22(29-16)39(36,37)18-6-3-4-12-31(18)35/h3-4,6-10,12,16-17,19-20,32H,2,5,11,13H2,1H3,(H,28,33). The third kappa shape index (κ3) is 5.83. The number of carbonyl (C=O) groups excluding carboxylic acids is 2. The first-order valence-electron chi connectivity index (χ1n) is 12.0. The minimum Gasteiger partial charge on any atom is -0.618 e. The molecular weight excluding hydrogens is 545 g/mol. The van der Waals surface area contributed by atoms with Gasteiger partial charge >= 0.3 is 11.4 Å². The Labute approximate surface area is 221 Å². The summed E-state index contributed by atoms with van der Waals surface area (Å²) in [6.07, 6.45) is -4.64. The van der Waals surface area contributed by atoms with Gasteiger partial charge in [-0.2, -0.15) is 4.73 Å². The monoisotopic (exact) mass is 570 g/mol. The number of nitrogens with zero attached hydrogens (tertiary/aromatic N) is 3. The number of aliphatic hydroxyl groups excluding tert-OH is 1. The molecule has 0 spiro atoms. The maximum atomic E-state index is 13.5. The van der Waals surface area contributed by atoms with Gasteiger partial charge in [0.2, 0.25) is 5.91 Å². The van der Waals surface area contributed by atoms with Crippen LogP contribution in [0.3, 0.4) is 0 Å². The molecular formula is C24H25F3N4O7S. The Morgan fingerprint density at radius 1 is 1.26 bits per heavy atom. The van der Waals surface area contributed by atoms with Crippen LogP contribution >= 0.6 is 0 Å². The Balaban J connectivity index is 1.49. The summed E-state index contributed by atoms with van der Waals surface area (Å²) in [5.74, 6) is -1.80. The summed E-state index contributed by atoms with van der Waals surface area (Å²) in [7, 11) is -4.45. The fourth-order valence-electron chi connectivity index (χ4n) is 4.72. The number of hydrogen-bond donors (Lipinski definition) is 2. The summed E-state index contributed by atoms with van der Waals surface area (Å²) in [6, 6.07) is 5.17. The molecule has 2 aliphatic heterocycles. The molecule has 2 N–H and O–H groups in total. The van der Waals surface area contributed by atoms with Crippen LogP contribution in [0.1, 0.15) is 36.5 Å². The molecule has 4 atom stereocenters. The number of aromatic nitrogens is 1. The van der Waals surface area contributed by atoms with E-state index < -0.39 is 68.1 Å². The molecule has 2 aliphatic rings. The van der Waals surface area contributed by atoms with E-state index in [9.17, 15) is 41.5 Å². The first-order valence-corrected chi connectivity index (χ1v) is 13.5. The molecule has 3 heterocycles. The van der Waals surface area contributed by atoms with Crippen molar-refractivity contribution in [2.45, 2.75) is 61.8 Å². The average molecular weight is 571 g/mol. The van der Waals surface area contributed by atoms with E-state index in [1.54, 1.807) is 6.92 Å². The predicted octanol–water partition coefficient (Wildman–Crippen LogP) is 1.33. The third-order valence-electron chi connectivity index (χ3n) is 6.44. The Hall–Kier alpha value is -3.72. The van der Waals surface area contributed by atoms with E-state index >= 15 is 0 Å². The summed E-state index contributed by atoms with van der Waals surface area (Å²) in [6.45, 7) is 1.92. The number of sulfone groups is 1. The van der Waals surface area contributed by atoms with Crippen molar-refractivity contribution in [3.8, 4) is 5.75 Å². The highest BCUT2D eigenvalue weighted by Crippen LogP contribution is 2.33. The highest BCUT2D eigenvalue weighted by Gasteiger charge is 2.53. The summed E-state index contributed by atoms with van der Waals surface area (Å²) in [5, 5.41) is 24.4. The second kappa shape index (κ2) is 10.8. The van der Waals surface area contributed by atoms with E-state index in [4.69, 9.17) is 0 Å². The first-order chi connectivity index (χ1) is 18.3. The number of amides is 2. The van der Waals surface area contributed by atoms with Crippen molar-refractivity contribution < 1.29 is 45.8 Å². The molecule has 0 radical (unpaired) electrons. The predicted molar refractivity (Wildman–Crippen MR) is 129 cm³/mol. The quantitative estimate of drug-likeness (QED) is 0.376.